The fraction of sp³-hybridized carbons (Fsp3) is 0.917. The summed E-state index contributed by atoms with van der Waals surface area (Å²) in [6.07, 6.45) is -14.0. The second-order valence-corrected chi connectivity index (χ2v) is 5.19. The number of rotatable bonds is 7. The van der Waals surface area contributed by atoms with Crippen molar-refractivity contribution in [3.63, 3.8) is 0 Å². The van der Waals surface area contributed by atoms with Gasteiger partial charge in [0, 0.05) is 0 Å². The molecule has 10 heteroatoms. The molecule has 0 aromatic heterocycles. The molecule has 130 valence electrons. The Morgan fingerprint density at radius 3 is 2.18 bits per heavy atom. The number of ether oxygens (including phenoxy) is 2. The molecule has 0 aromatic rings. The number of hydrogen-bond donors (Lipinski definition) is 7. The molecule has 0 unspecified atom stereocenters. The van der Waals surface area contributed by atoms with Gasteiger partial charge in [-0.2, -0.15) is 0 Å². The molecule has 1 aliphatic rings. The van der Waals surface area contributed by atoms with Crippen LogP contribution in [0.15, 0.2) is 0 Å². The van der Waals surface area contributed by atoms with Crippen molar-refractivity contribution >= 4 is 6.29 Å². The van der Waals surface area contributed by atoms with Crippen LogP contribution in [0.4, 0.5) is 0 Å². The molecule has 10 nitrogen and oxygen atoms in total. The SMILES string of the molecule is C[C@@H]1O[C@@H](OC[C@@H](O)[C@H](O)[C@H](O)[C@@H](O)C=O)[C@H](O)[C@H](O)[C@H]1O. The third-order valence-corrected chi connectivity index (χ3v) is 3.47. The van der Waals surface area contributed by atoms with E-state index in [1.165, 1.54) is 6.92 Å². The zero-order chi connectivity index (χ0) is 17.0. The molecule has 9 atom stereocenters. The Bertz CT molecular complexity index is 353. The van der Waals surface area contributed by atoms with E-state index in [9.17, 15) is 35.4 Å². The monoisotopic (exact) mass is 326 g/mol. The van der Waals surface area contributed by atoms with E-state index in [1.54, 1.807) is 0 Å². The van der Waals surface area contributed by atoms with Gasteiger partial charge in [0.15, 0.2) is 12.6 Å². The van der Waals surface area contributed by atoms with Crippen LogP contribution in [0, 0.1) is 0 Å². The second-order valence-electron chi connectivity index (χ2n) is 5.19. The van der Waals surface area contributed by atoms with Gasteiger partial charge in [-0.25, -0.2) is 0 Å². The standard InChI is InChI=1S/C12H22O10/c1-4-7(16)10(19)11(20)12(22-4)21-3-6(15)9(18)8(17)5(14)2-13/h2,4-12,14-20H,3H2,1H3/t4-,5-,6+,7-,8+,9-,10+,11+,12+/m0/s1. The van der Waals surface area contributed by atoms with Gasteiger partial charge in [-0.3, -0.25) is 0 Å². The Morgan fingerprint density at radius 1 is 1.05 bits per heavy atom. The summed E-state index contributed by atoms with van der Waals surface area (Å²) in [5.74, 6) is 0. The quantitative estimate of drug-likeness (QED) is 0.225. The zero-order valence-electron chi connectivity index (χ0n) is 11.8. The van der Waals surface area contributed by atoms with Gasteiger partial charge in [0.25, 0.3) is 0 Å². The van der Waals surface area contributed by atoms with Gasteiger partial charge in [0.05, 0.1) is 12.7 Å². The molecule has 0 saturated carbocycles. The van der Waals surface area contributed by atoms with E-state index in [0.29, 0.717) is 0 Å². The van der Waals surface area contributed by atoms with Gasteiger partial charge < -0.3 is 50.0 Å². The zero-order valence-corrected chi connectivity index (χ0v) is 11.8. The highest BCUT2D eigenvalue weighted by molar-refractivity contribution is 5.56. The summed E-state index contributed by atoms with van der Waals surface area (Å²) in [5, 5.41) is 66.3. The van der Waals surface area contributed by atoms with Crippen molar-refractivity contribution in [1.29, 1.82) is 0 Å². The lowest BCUT2D eigenvalue weighted by Gasteiger charge is -2.39. The van der Waals surface area contributed by atoms with Crippen molar-refractivity contribution in [2.24, 2.45) is 0 Å². The predicted octanol–water partition coefficient (Wildman–Crippen LogP) is -4.53. The number of aliphatic hydroxyl groups is 7. The highest BCUT2D eigenvalue weighted by Crippen LogP contribution is 2.22. The molecule has 0 amide bonds. The first-order valence-corrected chi connectivity index (χ1v) is 6.69. The summed E-state index contributed by atoms with van der Waals surface area (Å²) in [4.78, 5) is 10.3. The molecule has 7 N–H and O–H groups in total. The second kappa shape index (κ2) is 8.24. The Labute approximate surface area is 126 Å². The fourth-order valence-corrected chi connectivity index (χ4v) is 1.95. The molecule has 1 fully saturated rings. The summed E-state index contributed by atoms with van der Waals surface area (Å²) in [5.41, 5.74) is 0. The lowest BCUT2D eigenvalue weighted by Crippen LogP contribution is -2.58. The highest BCUT2D eigenvalue weighted by atomic mass is 16.7. The minimum absolute atomic E-state index is 0.00507. The van der Waals surface area contributed by atoms with Gasteiger partial charge in [-0.15, -0.1) is 0 Å². The summed E-state index contributed by atoms with van der Waals surface area (Å²) in [6.45, 7) is 0.812. The molecule has 0 bridgehead atoms. The van der Waals surface area contributed by atoms with Crippen molar-refractivity contribution in [3.05, 3.63) is 0 Å². The number of carbonyl (C=O) groups is 1. The fourth-order valence-electron chi connectivity index (χ4n) is 1.95. The topological polar surface area (TPSA) is 177 Å². The number of aliphatic hydroxyl groups excluding tert-OH is 7. The molecule has 0 spiro atoms. The summed E-state index contributed by atoms with van der Waals surface area (Å²) >= 11 is 0. The molecule has 0 aromatic carbocycles. The van der Waals surface area contributed by atoms with Crippen molar-refractivity contribution in [3.8, 4) is 0 Å². The number of hydrogen-bond acceptors (Lipinski definition) is 10. The van der Waals surface area contributed by atoms with Crippen LogP contribution in [0.1, 0.15) is 6.92 Å². The van der Waals surface area contributed by atoms with Gasteiger partial charge in [-0.1, -0.05) is 0 Å². The van der Waals surface area contributed by atoms with Crippen molar-refractivity contribution < 1.29 is 50.0 Å². The molecule has 22 heavy (non-hydrogen) atoms. The maximum Gasteiger partial charge on any atom is 0.186 e. The van der Waals surface area contributed by atoms with Crippen molar-refractivity contribution in [2.75, 3.05) is 6.61 Å². The Hall–Kier alpha value is -0.690. The minimum Gasteiger partial charge on any atom is -0.388 e. The predicted molar refractivity (Wildman–Crippen MR) is 68.4 cm³/mol. The molecule has 1 rings (SSSR count). The van der Waals surface area contributed by atoms with Crippen LogP contribution < -0.4 is 0 Å². The third-order valence-electron chi connectivity index (χ3n) is 3.47. The van der Waals surface area contributed by atoms with Gasteiger partial charge in [0.2, 0.25) is 0 Å². The van der Waals surface area contributed by atoms with E-state index in [-0.39, 0.29) is 6.29 Å². The average molecular weight is 326 g/mol. The molecule has 1 heterocycles. The highest BCUT2D eigenvalue weighted by Gasteiger charge is 2.43. The molecule has 1 saturated heterocycles. The van der Waals surface area contributed by atoms with E-state index >= 15 is 0 Å². The molecular formula is C12H22O10. The first kappa shape index (κ1) is 19.4. The van der Waals surface area contributed by atoms with Crippen LogP contribution >= 0.6 is 0 Å². The van der Waals surface area contributed by atoms with E-state index in [2.05, 4.69) is 0 Å². The third kappa shape index (κ3) is 4.41. The minimum atomic E-state index is -1.92. The molecular weight excluding hydrogens is 304 g/mol. The first-order valence-electron chi connectivity index (χ1n) is 6.69. The largest absolute Gasteiger partial charge is 0.388 e. The summed E-state index contributed by atoms with van der Waals surface area (Å²) in [6, 6.07) is 0. The lowest BCUT2D eigenvalue weighted by atomic mass is 10.00. The maximum absolute atomic E-state index is 10.3. The van der Waals surface area contributed by atoms with E-state index < -0.39 is 61.7 Å². The van der Waals surface area contributed by atoms with Crippen LogP contribution in [0.2, 0.25) is 0 Å². The van der Waals surface area contributed by atoms with Crippen molar-refractivity contribution in [1.82, 2.24) is 0 Å². The Morgan fingerprint density at radius 2 is 1.64 bits per heavy atom. The van der Waals surface area contributed by atoms with Crippen LogP contribution in [-0.4, -0.2) is 104 Å². The smallest absolute Gasteiger partial charge is 0.186 e. The van der Waals surface area contributed by atoms with Crippen molar-refractivity contribution in [2.45, 2.75) is 62.0 Å². The van der Waals surface area contributed by atoms with E-state index in [1.807, 2.05) is 0 Å². The van der Waals surface area contributed by atoms with Gasteiger partial charge >= 0.3 is 0 Å². The number of carbonyl (C=O) groups excluding carboxylic acids is 1. The lowest BCUT2D eigenvalue weighted by molar-refractivity contribution is -0.299. The van der Waals surface area contributed by atoms with Gasteiger partial charge in [0.1, 0.15) is 42.7 Å². The first-order chi connectivity index (χ1) is 10.2. The van der Waals surface area contributed by atoms with Crippen LogP contribution in [0.5, 0.6) is 0 Å². The normalized spacial score (nSPS) is 38.1. The molecule has 0 radical (unpaired) electrons. The van der Waals surface area contributed by atoms with Crippen LogP contribution in [-0.2, 0) is 14.3 Å². The van der Waals surface area contributed by atoms with Crippen LogP contribution in [0.25, 0.3) is 0 Å². The van der Waals surface area contributed by atoms with E-state index in [0.717, 1.165) is 0 Å². The van der Waals surface area contributed by atoms with Crippen LogP contribution in [0.3, 0.4) is 0 Å². The Kier molecular flexibility index (Phi) is 7.25. The van der Waals surface area contributed by atoms with Gasteiger partial charge in [-0.05, 0) is 6.92 Å². The maximum atomic E-state index is 10.3. The molecule has 1 aliphatic heterocycles. The summed E-state index contributed by atoms with van der Waals surface area (Å²) in [7, 11) is 0. The molecule has 0 aliphatic carbocycles. The summed E-state index contributed by atoms with van der Waals surface area (Å²) < 4.78 is 10.1. The van der Waals surface area contributed by atoms with E-state index in [4.69, 9.17) is 14.6 Å². The number of aldehydes is 1. The Balaban J connectivity index is 2.52. The average Bonchev–Trinajstić information content (AvgIpc) is 2.52.